The fourth-order valence-electron chi connectivity index (χ4n) is 2.15. The zero-order valence-corrected chi connectivity index (χ0v) is 10.8. The molecule has 108 valence electrons. The Morgan fingerprint density at radius 3 is 2.95 bits per heavy atom. The molecule has 21 heavy (non-hydrogen) atoms. The van der Waals surface area contributed by atoms with E-state index in [1.54, 1.807) is 12.1 Å². The molecule has 9 heteroatoms. The number of amides is 1. The Hall–Kier alpha value is -2.97. The number of aromatic carboxylic acids is 1. The fourth-order valence-corrected chi connectivity index (χ4v) is 2.15. The third-order valence-corrected chi connectivity index (χ3v) is 3.07. The van der Waals surface area contributed by atoms with E-state index in [1.165, 1.54) is 22.0 Å². The first kappa shape index (κ1) is 13.0. The Kier molecular flexibility index (Phi) is 3.22. The number of hydrogen-bond acceptors (Lipinski definition) is 6. The van der Waals surface area contributed by atoms with Crippen molar-refractivity contribution in [2.45, 2.75) is 6.54 Å². The number of carbonyl (C=O) groups excluding carboxylic acids is 1. The number of aromatic nitrogens is 4. The summed E-state index contributed by atoms with van der Waals surface area (Å²) in [5.41, 5.74) is 0.478. The highest BCUT2D eigenvalue weighted by atomic mass is 16.5. The highest BCUT2D eigenvalue weighted by molar-refractivity contribution is 5.99. The second kappa shape index (κ2) is 5.19. The van der Waals surface area contributed by atoms with Gasteiger partial charge in [0.05, 0.1) is 12.2 Å². The Bertz CT molecular complexity index is 685. The molecule has 0 fully saturated rings. The van der Waals surface area contributed by atoms with E-state index in [4.69, 9.17) is 9.84 Å². The van der Waals surface area contributed by atoms with Crippen LogP contribution in [0.25, 0.3) is 0 Å². The van der Waals surface area contributed by atoms with Gasteiger partial charge in [0.15, 0.2) is 5.75 Å². The first-order chi connectivity index (χ1) is 10.2. The molecule has 1 aromatic carbocycles. The predicted molar refractivity (Wildman–Crippen MR) is 69.1 cm³/mol. The average Bonchev–Trinajstić information content (AvgIpc) is 2.98. The number of carboxylic acids is 1. The van der Waals surface area contributed by atoms with Crippen LogP contribution < -0.4 is 9.64 Å². The molecule has 0 spiro atoms. The topological polar surface area (TPSA) is 110 Å². The molecule has 1 aromatic heterocycles. The quantitative estimate of drug-likeness (QED) is 0.832. The molecule has 0 saturated carbocycles. The van der Waals surface area contributed by atoms with Gasteiger partial charge in [-0.05, 0) is 22.6 Å². The van der Waals surface area contributed by atoms with E-state index in [-0.39, 0.29) is 30.4 Å². The zero-order chi connectivity index (χ0) is 14.8. The average molecular weight is 289 g/mol. The molecule has 9 nitrogen and oxygen atoms in total. The molecule has 0 saturated heterocycles. The third kappa shape index (κ3) is 2.40. The SMILES string of the molecule is O=C(O)c1cccc2c1OCCN2C(=O)Cn1cnnn1. The summed E-state index contributed by atoms with van der Waals surface area (Å²) in [4.78, 5) is 25.0. The summed E-state index contributed by atoms with van der Waals surface area (Å²) in [7, 11) is 0. The highest BCUT2D eigenvalue weighted by Crippen LogP contribution is 2.35. The van der Waals surface area contributed by atoms with Gasteiger partial charge in [-0.3, -0.25) is 4.79 Å². The standard InChI is InChI=1S/C12H11N5O4/c18-10(6-16-7-13-14-15-16)17-4-5-21-11-8(12(19)20)2-1-3-9(11)17/h1-3,7H,4-6H2,(H,19,20). The molecular formula is C12H11N5O4. The van der Waals surface area contributed by atoms with Crippen molar-refractivity contribution in [1.29, 1.82) is 0 Å². The Morgan fingerprint density at radius 2 is 2.24 bits per heavy atom. The Morgan fingerprint density at radius 1 is 1.38 bits per heavy atom. The summed E-state index contributed by atoms with van der Waals surface area (Å²) in [6.07, 6.45) is 1.34. The molecular weight excluding hydrogens is 278 g/mol. The van der Waals surface area contributed by atoms with Gasteiger partial charge in [0.1, 0.15) is 25.0 Å². The lowest BCUT2D eigenvalue weighted by atomic mass is 10.1. The summed E-state index contributed by atoms with van der Waals surface area (Å²) >= 11 is 0. The van der Waals surface area contributed by atoms with Gasteiger partial charge in [0.25, 0.3) is 0 Å². The maximum Gasteiger partial charge on any atom is 0.339 e. The number of benzene rings is 1. The minimum atomic E-state index is -1.10. The van der Waals surface area contributed by atoms with Crippen molar-refractivity contribution in [3.8, 4) is 5.75 Å². The summed E-state index contributed by atoms with van der Waals surface area (Å²) in [5.74, 6) is -1.13. The van der Waals surface area contributed by atoms with E-state index in [2.05, 4.69) is 15.5 Å². The lowest BCUT2D eigenvalue weighted by Gasteiger charge is -2.30. The zero-order valence-electron chi connectivity index (χ0n) is 10.8. The van der Waals surface area contributed by atoms with Crippen LogP contribution in [0.1, 0.15) is 10.4 Å². The van der Waals surface area contributed by atoms with E-state index >= 15 is 0 Å². The smallest absolute Gasteiger partial charge is 0.339 e. The van der Waals surface area contributed by atoms with Crippen LogP contribution in [0.2, 0.25) is 0 Å². The Labute approximate surface area is 118 Å². The third-order valence-electron chi connectivity index (χ3n) is 3.07. The van der Waals surface area contributed by atoms with Crippen molar-refractivity contribution in [1.82, 2.24) is 20.2 Å². The second-order valence-electron chi connectivity index (χ2n) is 4.36. The molecule has 3 rings (SSSR count). The second-order valence-corrected chi connectivity index (χ2v) is 4.36. The van der Waals surface area contributed by atoms with Gasteiger partial charge < -0.3 is 14.7 Å². The first-order valence-corrected chi connectivity index (χ1v) is 6.17. The van der Waals surface area contributed by atoms with Crippen LogP contribution in [0.15, 0.2) is 24.5 Å². The van der Waals surface area contributed by atoms with Gasteiger partial charge in [-0.15, -0.1) is 5.10 Å². The van der Waals surface area contributed by atoms with E-state index in [1.807, 2.05) is 0 Å². The molecule has 0 aliphatic carbocycles. The predicted octanol–water partition coefficient (Wildman–Crippen LogP) is -0.203. The van der Waals surface area contributed by atoms with Crippen LogP contribution in [0.5, 0.6) is 5.75 Å². The molecule has 1 N–H and O–H groups in total. The van der Waals surface area contributed by atoms with Gasteiger partial charge in [-0.25, -0.2) is 9.48 Å². The van der Waals surface area contributed by atoms with Crippen molar-refractivity contribution < 1.29 is 19.4 Å². The van der Waals surface area contributed by atoms with Gasteiger partial charge >= 0.3 is 5.97 Å². The summed E-state index contributed by atoms with van der Waals surface area (Å²) < 4.78 is 6.71. The summed E-state index contributed by atoms with van der Waals surface area (Å²) in [5, 5.41) is 19.7. The number of rotatable bonds is 3. The van der Waals surface area contributed by atoms with Crippen LogP contribution in [0.3, 0.4) is 0 Å². The molecule has 1 aliphatic heterocycles. The van der Waals surface area contributed by atoms with Gasteiger partial charge in [0, 0.05) is 0 Å². The van der Waals surface area contributed by atoms with Crippen molar-refractivity contribution in [3.05, 3.63) is 30.1 Å². The number of carboxylic acid groups (broad SMARTS) is 1. The minimum Gasteiger partial charge on any atom is -0.489 e. The molecule has 2 aromatic rings. The summed E-state index contributed by atoms with van der Waals surface area (Å²) in [6.45, 7) is 0.555. The number of carbonyl (C=O) groups is 2. The van der Waals surface area contributed by atoms with Crippen molar-refractivity contribution >= 4 is 17.6 Å². The fraction of sp³-hybridized carbons (Fsp3) is 0.250. The van der Waals surface area contributed by atoms with E-state index in [0.29, 0.717) is 12.2 Å². The van der Waals surface area contributed by atoms with Gasteiger partial charge in [0.2, 0.25) is 5.91 Å². The number of para-hydroxylation sites is 1. The highest BCUT2D eigenvalue weighted by Gasteiger charge is 2.27. The number of hydrogen-bond donors (Lipinski definition) is 1. The maximum atomic E-state index is 12.3. The normalized spacial score (nSPS) is 13.4. The molecule has 2 heterocycles. The summed E-state index contributed by atoms with van der Waals surface area (Å²) in [6, 6.07) is 4.67. The van der Waals surface area contributed by atoms with Crippen molar-refractivity contribution in [2.75, 3.05) is 18.1 Å². The van der Waals surface area contributed by atoms with Crippen LogP contribution in [-0.2, 0) is 11.3 Å². The lowest BCUT2D eigenvalue weighted by Crippen LogP contribution is -2.40. The molecule has 0 radical (unpaired) electrons. The number of anilines is 1. The minimum absolute atomic E-state index is 0.0241. The van der Waals surface area contributed by atoms with Crippen LogP contribution >= 0.6 is 0 Å². The van der Waals surface area contributed by atoms with Crippen molar-refractivity contribution in [2.24, 2.45) is 0 Å². The molecule has 1 amide bonds. The number of nitrogens with zero attached hydrogens (tertiary/aromatic N) is 5. The lowest BCUT2D eigenvalue weighted by molar-refractivity contribution is -0.119. The molecule has 0 unspecified atom stereocenters. The molecule has 0 bridgehead atoms. The first-order valence-electron chi connectivity index (χ1n) is 6.17. The largest absolute Gasteiger partial charge is 0.489 e. The Balaban J connectivity index is 1.92. The van der Waals surface area contributed by atoms with E-state index in [0.717, 1.165) is 0 Å². The number of ether oxygens (including phenoxy) is 1. The van der Waals surface area contributed by atoms with Crippen molar-refractivity contribution in [3.63, 3.8) is 0 Å². The van der Waals surface area contributed by atoms with Crippen LogP contribution in [0, 0.1) is 0 Å². The van der Waals surface area contributed by atoms with Gasteiger partial charge in [-0.1, -0.05) is 6.07 Å². The van der Waals surface area contributed by atoms with Crippen LogP contribution in [0.4, 0.5) is 5.69 Å². The number of tetrazole rings is 1. The number of fused-ring (bicyclic) bond motifs is 1. The molecule has 0 atom stereocenters. The van der Waals surface area contributed by atoms with E-state index < -0.39 is 5.97 Å². The monoisotopic (exact) mass is 289 g/mol. The van der Waals surface area contributed by atoms with Crippen LogP contribution in [-0.4, -0.2) is 50.3 Å². The maximum absolute atomic E-state index is 12.3. The van der Waals surface area contributed by atoms with Gasteiger partial charge in [-0.2, -0.15) is 0 Å². The van der Waals surface area contributed by atoms with E-state index in [9.17, 15) is 9.59 Å². The molecule has 1 aliphatic rings.